The van der Waals surface area contributed by atoms with E-state index >= 15 is 0 Å². The van der Waals surface area contributed by atoms with E-state index in [-0.39, 0.29) is 42.9 Å². The van der Waals surface area contributed by atoms with Crippen LogP contribution in [-0.4, -0.2) is 48.1 Å². The Labute approximate surface area is 233 Å². The molecular formula is C30H36N2O8. The van der Waals surface area contributed by atoms with Crippen molar-refractivity contribution in [2.75, 3.05) is 20.3 Å². The van der Waals surface area contributed by atoms with Gasteiger partial charge in [-0.05, 0) is 97.6 Å². The minimum absolute atomic E-state index is 0.0192. The Kier molecular flexibility index (Phi) is 7.98. The van der Waals surface area contributed by atoms with E-state index in [1.54, 1.807) is 26.2 Å². The number of aliphatic hydroxyl groups excluding tert-OH is 1. The molecule has 0 aromatic heterocycles. The van der Waals surface area contributed by atoms with Crippen molar-refractivity contribution >= 4 is 17.4 Å². The smallest absolute Gasteiger partial charge is 0.344 e. The van der Waals surface area contributed by atoms with Crippen molar-refractivity contribution in [3.05, 3.63) is 63.2 Å². The third-order valence-corrected chi connectivity index (χ3v) is 9.07. The zero-order valence-electron chi connectivity index (χ0n) is 23.1. The van der Waals surface area contributed by atoms with Crippen molar-refractivity contribution < 1.29 is 33.9 Å². The summed E-state index contributed by atoms with van der Waals surface area (Å²) in [5, 5.41) is 26.4. The molecule has 0 aliphatic heterocycles. The number of fused-ring (bicyclic) bond motifs is 5. The number of rotatable bonds is 9. The molecule has 40 heavy (non-hydrogen) atoms. The van der Waals surface area contributed by atoms with Crippen LogP contribution in [0.5, 0.6) is 11.5 Å². The molecule has 214 valence electrons. The number of esters is 1. The topological polar surface area (TPSA) is 130 Å². The third kappa shape index (κ3) is 5.24. The lowest BCUT2D eigenvalue weighted by atomic mass is 9.55. The first-order chi connectivity index (χ1) is 19.2. The fraction of sp³-hybridized carbons (Fsp3) is 0.533. The highest BCUT2D eigenvalue weighted by Gasteiger charge is 2.55. The van der Waals surface area contributed by atoms with E-state index < -0.39 is 10.9 Å². The van der Waals surface area contributed by atoms with E-state index in [0.29, 0.717) is 29.8 Å². The number of hydrogen-bond donors (Lipinski definition) is 1. The van der Waals surface area contributed by atoms with Gasteiger partial charge < -0.3 is 24.2 Å². The number of carbonyl (C=O) groups excluding carboxylic acids is 1. The number of nitro groups is 1. The Morgan fingerprint density at radius 3 is 2.65 bits per heavy atom. The van der Waals surface area contributed by atoms with E-state index in [0.717, 1.165) is 48.1 Å². The highest BCUT2D eigenvalue weighted by Crippen LogP contribution is 2.61. The zero-order valence-corrected chi connectivity index (χ0v) is 23.1. The van der Waals surface area contributed by atoms with Crippen LogP contribution in [-0.2, 0) is 21.0 Å². The molecule has 2 aromatic rings. The molecule has 3 aliphatic rings. The van der Waals surface area contributed by atoms with Gasteiger partial charge in [0.05, 0.1) is 30.5 Å². The van der Waals surface area contributed by atoms with Crippen LogP contribution >= 0.6 is 0 Å². The molecule has 0 saturated heterocycles. The summed E-state index contributed by atoms with van der Waals surface area (Å²) in [6, 6.07) is 10.1. The highest BCUT2D eigenvalue weighted by molar-refractivity contribution is 6.03. The normalized spacial score (nSPS) is 27.8. The lowest BCUT2D eigenvalue weighted by Crippen LogP contribution is -2.45. The van der Waals surface area contributed by atoms with Crippen LogP contribution in [0.1, 0.15) is 68.6 Å². The lowest BCUT2D eigenvalue weighted by molar-refractivity contribution is -0.384. The molecule has 5 rings (SSSR count). The van der Waals surface area contributed by atoms with Gasteiger partial charge in [-0.25, -0.2) is 4.79 Å². The number of oxime groups is 1. The van der Waals surface area contributed by atoms with Gasteiger partial charge in [0.1, 0.15) is 6.61 Å². The molecule has 5 atom stereocenters. The third-order valence-electron chi connectivity index (χ3n) is 9.07. The van der Waals surface area contributed by atoms with Crippen LogP contribution < -0.4 is 9.47 Å². The molecule has 0 heterocycles. The molecule has 2 aromatic carbocycles. The summed E-state index contributed by atoms with van der Waals surface area (Å²) in [7, 11) is 1.58. The van der Waals surface area contributed by atoms with Crippen LogP contribution in [0.2, 0.25) is 0 Å². The van der Waals surface area contributed by atoms with Crippen molar-refractivity contribution in [1.82, 2.24) is 0 Å². The number of ether oxygens (including phenoxy) is 3. The maximum atomic E-state index is 12.0. The maximum absolute atomic E-state index is 12.0. The van der Waals surface area contributed by atoms with Crippen LogP contribution in [0, 0.1) is 27.4 Å². The minimum atomic E-state index is -0.464. The predicted octanol–water partition coefficient (Wildman–Crippen LogP) is 5.14. The molecule has 0 radical (unpaired) electrons. The SMILES string of the molecule is CCOC(=O)COc1cc2c(cc1OC)[C@H]1CC[C@]3(C)[C@@H](O)CC[C@H]3[C@@H]1CC2=NOCc1ccc([N+](=O)[O-])cc1. The molecule has 0 unspecified atom stereocenters. The van der Waals surface area contributed by atoms with Gasteiger partial charge in [-0.15, -0.1) is 0 Å². The molecule has 10 nitrogen and oxygen atoms in total. The fourth-order valence-corrected chi connectivity index (χ4v) is 6.99. The minimum Gasteiger partial charge on any atom is -0.493 e. The summed E-state index contributed by atoms with van der Waals surface area (Å²) in [4.78, 5) is 28.3. The fourth-order valence-electron chi connectivity index (χ4n) is 6.99. The molecule has 2 saturated carbocycles. The molecule has 0 bridgehead atoms. The molecule has 3 aliphatic carbocycles. The Hall–Kier alpha value is -3.66. The van der Waals surface area contributed by atoms with Crippen molar-refractivity contribution in [3.8, 4) is 11.5 Å². The average molecular weight is 553 g/mol. The van der Waals surface area contributed by atoms with Crippen LogP contribution in [0.3, 0.4) is 0 Å². The van der Waals surface area contributed by atoms with E-state index in [2.05, 4.69) is 12.1 Å². The molecule has 0 spiro atoms. The second-order valence-electron chi connectivity index (χ2n) is 11.1. The van der Waals surface area contributed by atoms with Crippen molar-refractivity contribution in [2.45, 2.75) is 64.6 Å². The van der Waals surface area contributed by atoms with Crippen LogP contribution in [0.15, 0.2) is 41.6 Å². The molecule has 2 fully saturated rings. The molecule has 1 N–H and O–H groups in total. The maximum Gasteiger partial charge on any atom is 0.344 e. The quantitative estimate of drug-likeness (QED) is 0.257. The Balaban J connectivity index is 1.47. The van der Waals surface area contributed by atoms with Crippen LogP contribution in [0.4, 0.5) is 5.69 Å². The number of non-ortho nitro benzene ring substituents is 1. The van der Waals surface area contributed by atoms with Crippen LogP contribution in [0.25, 0.3) is 0 Å². The summed E-state index contributed by atoms with van der Waals surface area (Å²) in [6.07, 6.45) is 4.07. The first kappa shape index (κ1) is 27.9. The van der Waals surface area contributed by atoms with Gasteiger partial charge >= 0.3 is 5.97 Å². The highest BCUT2D eigenvalue weighted by atomic mass is 16.6. The van der Waals surface area contributed by atoms with E-state index in [1.165, 1.54) is 12.1 Å². The first-order valence-electron chi connectivity index (χ1n) is 13.9. The molecule has 10 heteroatoms. The van der Waals surface area contributed by atoms with Gasteiger partial charge in [0, 0.05) is 17.7 Å². The summed E-state index contributed by atoms with van der Waals surface area (Å²) in [5.74, 6) is 1.43. The van der Waals surface area contributed by atoms with Crippen molar-refractivity contribution in [3.63, 3.8) is 0 Å². The van der Waals surface area contributed by atoms with Gasteiger partial charge in [0.2, 0.25) is 0 Å². The summed E-state index contributed by atoms with van der Waals surface area (Å²) >= 11 is 0. The Morgan fingerprint density at radius 2 is 1.95 bits per heavy atom. The number of carbonyl (C=O) groups is 1. The largest absolute Gasteiger partial charge is 0.493 e. The summed E-state index contributed by atoms with van der Waals surface area (Å²) in [5.41, 5.74) is 3.44. The van der Waals surface area contributed by atoms with E-state index in [4.69, 9.17) is 19.0 Å². The second kappa shape index (κ2) is 11.4. The summed E-state index contributed by atoms with van der Waals surface area (Å²) < 4.78 is 16.5. The van der Waals surface area contributed by atoms with Gasteiger partial charge in [-0.2, -0.15) is 0 Å². The number of benzene rings is 2. The monoisotopic (exact) mass is 552 g/mol. The van der Waals surface area contributed by atoms with Gasteiger partial charge in [0.15, 0.2) is 18.1 Å². The standard InChI is InChI=1S/C30H36N2O8/c1-4-38-29(34)17-39-27-15-23-21(14-26(27)37-3)20-11-12-30(2)24(9-10-28(30)33)22(20)13-25(23)31-40-16-18-5-7-19(8-6-18)32(35)36/h5-8,14-15,20,22,24,28,33H,4,9-13,16-17H2,1-3H3/t20-,22-,24+,28+,30+/m1/s1. The summed E-state index contributed by atoms with van der Waals surface area (Å²) in [6.45, 7) is 4.15. The average Bonchev–Trinajstić information content (AvgIpc) is 3.26. The van der Waals surface area contributed by atoms with Gasteiger partial charge in [0.25, 0.3) is 5.69 Å². The predicted molar refractivity (Wildman–Crippen MR) is 146 cm³/mol. The van der Waals surface area contributed by atoms with E-state index in [9.17, 15) is 20.0 Å². The van der Waals surface area contributed by atoms with Crippen molar-refractivity contribution in [1.29, 1.82) is 0 Å². The number of aliphatic hydroxyl groups is 1. The zero-order chi connectivity index (χ0) is 28.4. The lowest BCUT2D eigenvalue weighted by Gasteiger charge is -2.50. The van der Waals surface area contributed by atoms with Gasteiger partial charge in [-0.3, -0.25) is 10.1 Å². The molecular weight excluding hydrogens is 516 g/mol. The van der Waals surface area contributed by atoms with Crippen molar-refractivity contribution in [2.24, 2.45) is 22.4 Å². The number of methoxy groups -OCH3 is 1. The Bertz CT molecular complexity index is 1290. The first-order valence-corrected chi connectivity index (χ1v) is 13.9. The van der Waals surface area contributed by atoms with Gasteiger partial charge in [-0.1, -0.05) is 12.1 Å². The second-order valence-corrected chi connectivity index (χ2v) is 11.1. The number of hydrogen-bond acceptors (Lipinski definition) is 9. The Morgan fingerprint density at radius 1 is 1.18 bits per heavy atom. The molecule has 0 amide bonds. The number of nitrogens with zero attached hydrogens (tertiary/aromatic N) is 2. The number of nitro benzene ring substituents is 1. The van der Waals surface area contributed by atoms with E-state index in [1.807, 2.05) is 12.1 Å².